The monoisotopic (exact) mass is 636 g/mol. The highest BCUT2D eigenvalue weighted by atomic mass is 33.1. The third-order valence-corrected chi connectivity index (χ3v) is 10.5. The van der Waals surface area contributed by atoms with Crippen LogP contribution in [0.1, 0.15) is 87.8 Å². The number of aryl methyl sites for hydroxylation is 1. The number of esters is 1. The van der Waals surface area contributed by atoms with Crippen LogP contribution in [-0.4, -0.2) is 76.5 Å². The maximum atomic E-state index is 12.9. The number of guanidine groups is 1. The number of hydrogen-bond donors (Lipinski definition) is 4. The van der Waals surface area contributed by atoms with E-state index in [0.717, 1.165) is 61.8 Å². The molecule has 5 N–H and O–H groups in total. The molecule has 1 fully saturated rings. The number of aliphatic imine (C=N–C) groups is 1. The second-order valence-corrected chi connectivity index (χ2v) is 14.4. The quantitative estimate of drug-likeness (QED) is 0.260. The minimum absolute atomic E-state index is 0.0703. The van der Waals surface area contributed by atoms with E-state index in [-0.39, 0.29) is 23.5 Å². The molecule has 1 aromatic carbocycles. The van der Waals surface area contributed by atoms with Crippen LogP contribution >= 0.6 is 21.6 Å². The van der Waals surface area contributed by atoms with Gasteiger partial charge < -0.3 is 35.6 Å². The van der Waals surface area contributed by atoms with Gasteiger partial charge in [-0.15, -0.1) is 0 Å². The average molecular weight is 637 g/mol. The number of nitrogens with zero attached hydrogens (tertiary/aromatic N) is 2. The Balaban J connectivity index is 1.50. The fourth-order valence-electron chi connectivity index (χ4n) is 6.15. The van der Waals surface area contributed by atoms with E-state index in [1.807, 2.05) is 11.0 Å². The van der Waals surface area contributed by atoms with Gasteiger partial charge in [-0.2, -0.15) is 0 Å². The fraction of sp³-hybridized carbons (Fsp3) is 0.710. The van der Waals surface area contributed by atoms with Crippen LogP contribution in [0.15, 0.2) is 11.1 Å². The van der Waals surface area contributed by atoms with Crippen LogP contribution < -0.4 is 15.8 Å². The number of carbonyl (C=O) groups is 2. The largest absolute Gasteiger partial charge is 0.504 e. The number of aromatic hydroxyl groups is 1. The Kier molecular flexibility index (Phi) is 13.5. The summed E-state index contributed by atoms with van der Waals surface area (Å²) in [6.45, 7) is 3.52. The van der Waals surface area contributed by atoms with Gasteiger partial charge in [0, 0.05) is 56.3 Å². The van der Waals surface area contributed by atoms with Gasteiger partial charge in [0.05, 0.1) is 18.6 Å². The molecule has 4 bridgehead atoms. The number of aliphatic hydroxyl groups excluding tert-OH is 1. The molecule has 0 aromatic heterocycles. The first-order valence-corrected chi connectivity index (χ1v) is 18.2. The number of nitrogens with one attached hydrogen (secondary N) is 1. The number of amides is 1. The Hall–Kier alpha value is -2.31. The molecule has 0 aliphatic carbocycles. The zero-order valence-corrected chi connectivity index (χ0v) is 27.0. The first kappa shape index (κ1) is 33.6. The van der Waals surface area contributed by atoms with Crippen molar-refractivity contribution < 1.29 is 29.3 Å². The van der Waals surface area contributed by atoms with Crippen molar-refractivity contribution in [1.82, 2.24) is 10.2 Å². The number of benzene rings is 1. The number of phenols is 1. The predicted octanol–water partition coefficient (Wildman–Crippen LogP) is 4.28. The lowest BCUT2D eigenvalue weighted by molar-refractivity contribution is -0.148. The second-order valence-electron chi connectivity index (χ2n) is 11.8. The summed E-state index contributed by atoms with van der Waals surface area (Å²) in [5.41, 5.74) is 8.72. The SMILES string of the molecule is CC(=O)O[C@@H]1CCc2cc(c(O)c3c2CCCO3)CN2C[C@@H](CCNC(N)=NCSSCCCCCC[C@H](O)C1)CC2=O. The van der Waals surface area contributed by atoms with Crippen molar-refractivity contribution in [2.45, 2.75) is 103 Å². The molecule has 4 rings (SSSR count). The van der Waals surface area contributed by atoms with Crippen molar-refractivity contribution in [3.05, 3.63) is 22.8 Å². The summed E-state index contributed by atoms with van der Waals surface area (Å²) in [7, 11) is 3.48. The van der Waals surface area contributed by atoms with Gasteiger partial charge in [0.25, 0.3) is 0 Å². The lowest BCUT2D eigenvalue weighted by Crippen LogP contribution is -2.33. The minimum Gasteiger partial charge on any atom is -0.504 e. The highest BCUT2D eigenvalue weighted by Gasteiger charge is 2.31. The van der Waals surface area contributed by atoms with E-state index in [0.29, 0.717) is 81.5 Å². The number of ether oxygens (including phenoxy) is 2. The molecule has 3 heterocycles. The molecule has 1 aromatic rings. The number of nitrogens with two attached hydrogens (primary N) is 1. The summed E-state index contributed by atoms with van der Waals surface area (Å²) in [6, 6.07) is 1.99. The van der Waals surface area contributed by atoms with Gasteiger partial charge in [0.15, 0.2) is 17.5 Å². The molecule has 3 atom stereocenters. The van der Waals surface area contributed by atoms with Gasteiger partial charge in [-0.3, -0.25) is 9.59 Å². The van der Waals surface area contributed by atoms with Crippen molar-refractivity contribution in [1.29, 1.82) is 0 Å². The third-order valence-electron chi connectivity index (χ3n) is 8.35. The number of aliphatic hydroxyl groups is 1. The Morgan fingerprint density at radius 1 is 1.14 bits per heavy atom. The average Bonchev–Trinajstić information content (AvgIpc) is 3.32. The van der Waals surface area contributed by atoms with E-state index in [4.69, 9.17) is 15.2 Å². The Morgan fingerprint density at radius 3 is 2.81 bits per heavy atom. The van der Waals surface area contributed by atoms with Crippen LogP contribution in [0.3, 0.4) is 0 Å². The van der Waals surface area contributed by atoms with Gasteiger partial charge >= 0.3 is 5.97 Å². The fourth-order valence-corrected chi connectivity index (χ4v) is 7.94. The second kappa shape index (κ2) is 17.2. The maximum absolute atomic E-state index is 12.9. The van der Waals surface area contributed by atoms with E-state index in [1.54, 1.807) is 21.6 Å². The van der Waals surface area contributed by atoms with Crippen LogP contribution in [-0.2, 0) is 33.7 Å². The Labute approximate surface area is 263 Å². The molecule has 3 aliphatic rings. The van der Waals surface area contributed by atoms with Crippen LogP contribution in [0.4, 0.5) is 0 Å². The number of fused-ring (bicyclic) bond motifs is 6. The molecule has 0 radical (unpaired) electrons. The molecule has 0 saturated carbocycles. The smallest absolute Gasteiger partial charge is 0.302 e. The summed E-state index contributed by atoms with van der Waals surface area (Å²) in [4.78, 5) is 31.1. The van der Waals surface area contributed by atoms with Crippen molar-refractivity contribution in [3.63, 3.8) is 0 Å². The molecule has 43 heavy (non-hydrogen) atoms. The molecule has 0 unspecified atom stereocenters. The number of phenolic OH excluding ortho intramolecular Hbond substituents is 1. The van der Waals surface area contributed by atoms with E-state index >= 15 is 0 Å². The Morgan fingerprint density at radius 2 is 1.98 bits per heavy atom. The summed E-state index contributed by atoms with van der Waals surface area (Å²) < 4.78 is 11.6. The van der Waals surface area contributed by atoms with Crippen LogP contribution in [0, 0.1) is 5.92 Å². The van der Waals surface area contributed by atoms with Gasteiger partial charge in [0.1, 0.15) is 6.10 Å². The minimum atomic E-state index is -0.536. The van der Waals surface area contributed by atoms with Crippen LogP contribution in [0.2, 0.25) is 0 Å². The third kappa shape index (κ3) is 10.7. The van der Waals surface area contributed by atoms with Gasteiger partial charge in [0.2, 0.25) is 5.91 Å². The van der Waals surface area contributed by atoms with Crippen molar-refractivity contribution in [2.75, 3.05) is 31.3 Å². The summed E-state index contributed by atoms with van der Waals surface area (Å²) in [5.74, 6) is 2.59. The normalized spacial score (nSPS) is 25.5. The summed E-state index contributed by atoms with van der Waals surface area (Å²) >= 11 is 0. The van der Waals surface area contributed by atoms with Crippen molar-refractivity contribution in [2.24, 2.45) is 16.6 Å². The molecule has 3 aliphatic heterocycles. The first-order valence-electron chi connectivity index (χ1n) is 15.7. The summed E-state index contributed by atoms with van der Waals surface area (Å²) in [5, 5.41) is 25.1. The van der Waals surface area contributed by atoms with E-state index in [1.165, 1.54) is 6.92 Å². The lowest BCUT2D eigenvalue weighted by Gasteiger charge is -2.26. The van der Waals surface area contributed by atoms with E-state index in [2.05, 4.69) is 10.3 Å². The molecule has 1 amide bonds. The Bertz CT molecular complexity index is 1120. The molecular formula is C31H48N4O6S2. The summed E-state index contributed by atoms with van der Waals surface area (Å²) in [6.07, 6.45) is 8.44. The van der Waals surface area contributed by atoms with Gasteiger partial charge in [-0.05, 0) is 62.5 Å². The van der Waals surface area contributed by atoms with E-state index in [9.17, 15) is 19.8 Å². The number of hydrogen-bond acceptors (Lipinski definition) is 11. The van der Waals surface area contributed by atoms with Gasteiger partial charge in [-0.25, -0.2) is 4.99 Å². The van der Waals surface area contributed by atoms with Crippen molar-refractivity contribution in [3.8, 4) is 11.5 Å². The molecular weight excluding hydrogens is 588 g/mol. The maximum Gasteiger partial charge on any atom is 0.302 e. The van der Waals surface area contributed by atoms with E-state index < -0.39 is 12.2 Å². The topological polar surface area (TPSA) is 147 Å². The highest BCUT2D eigenvalue weighted by molar-refractivity contribution is 8.76. The van der Waals surface area contributed by atoms with Gasteiger partial charge in [-0.1, -0.05) is 40.9 Å². The lowest BCUT2D eigenvalue weighted by atomic mass is 9.91. The zero-order chi connectivity index (χ0) is 30.6. The molecule has 0 spiro atoms. The van der Waals surface area contributed by atoms with Crippen molar-refractivity contribution >= 4 is 39.4 Å². The number of rotatable bonds is 1. The standard InChI is InChI=1S/C31H48N4O6S2/c1-21(36)41-26-10-9-23-16-24(29(39)30-27(23)8-6-13-40-30)19-35-18-22(15-28(35)38)11-12-33-31(32)34-20-43-42-14-5-3-2-4-7-25(37)17-26/h16,22,25-26,37,39H,2-15,17-20H2,1H3,(H3,32,33,34)/t22-,25-,26+/m0/s1. The highest BCUT2D eigenvalue weighted by Crippen LogP contribution is 2.41. The molecule has 10 nitrogen and oxygen atoms in total. The zero-order valence-electron chi connectivity index (χ0n) is 25.4. The van der Waals surface area contributed by atoms with Crippen LogP contribution in [0.5, 0.6) is 11.5 Å². The molecule has 12 heteroatoms. The molecule has 1 saturated heterocycles. The number of carbonyl (C=O) groups excluding carboxylic acids is 2. The first-order chi connectivity index (χ1) is 20.8. The molecule has 240 valence electrons. The predicted molar refractivity (Wildman–Crippen MR) is 172 cm³/mol. The van der Waals surface area contributed by atoms with Crippen LogP contribution in [0.25, 0.3) is 0 Å².